The first-order chi connectivity index (χ1) is 17.7. The number of nitrogens with one attached hydrogen (secondary N) is 1. The summed E-state index contributed by atoms with van der Waals surface area (Å²) in [6.45, 7) is 5.11. The van der Waals surface area contributed by atoms with Crippen LogP contribution in [0.15, 0.2) is 84.3 Å². The van der Waals surface area contributed by atoms with Crippen molar-refractivity contribution in [2.45, 2.75) is 31.5 Å². The number of nitrogens with zero attached hydrogens (tertiary/aromatic N) is 5. The van der Waals surface area contributed by atoms with Crippen LogP contribution in [0.2, 0.25) is 0 Å². The Balaban J connectivity index is 1.24. The third kappa shape index (κ3) is 5.94. The van der Waals surface area contributed by atoms with Crippen molar-refractivity contribution in [2.24, 2.45) is 5.92 Å². The molecule has 1 saturated heterocycles. The van der Waals surface area contributed by atoms with E-state index in [1.165, 1.54) is 30.3 Å². The number of carbonyl (C=O) groups is 1. The van der Waals surface area contributed by atoms with E-state index in [1.54, 1.807) is 12.4 Å². The van der Waals surface area contributed by atoms with Crippen LogP contribution in [0, 0.1) is 5.92 Å². The number of aromatic nitrogens is 4. The number of thioether (sulfide) groups is 1. The summed E-state index contributed by atoms with van der Waals surface area (Å²) in [6.07, 6.45) is 5.97. The van der Waals surface area contributed by atoms with E-state index in [0.717, 1.165) is 41.6 Å². The first-order valence-corrected chi connectivity index (χ1v) is 13.3. The quantitative estimate of drug-likeness (QED) is 0.330. The second-order valence-corrected chi connectivity index (χ2v) is 10.1. The summed E-state index contributed by atoms with van der Waals surface area (Å²) in [4.78, 5) is 19.4. The maximum Gasteiger partial charge on any atom is 0.234 e. The molecular formula is C28H30N6OS. The van der Waals surface area contributed by atoms with Gasteiger partial charge >= 0.3 is 0 Å². The van der Waals surface area contributed by atoms with E-state index in [4.69, 9.17) is 0 Å². The van der Waals surface area contributed by atoms with Crippen molar-refractivity contribution in [3.63, 3.8) is 0 Å². The lowest BCUT2D eigenvalue weighted by Crippen LogP contribution is -2.32. The molecule has 0 saturated carbocycles. The summed E-state index contributed by atoms with van der Waals surface area (Å²) in [5.74, 6) is 1.71. The van der Waals surface area contributed by atoms with Gasteiger partial charge in [0, 0.05) is 42.4 Å². The maximum atomic E-state index is 12.7. The van der Waals surface area contributed by atoms with Crippen LogP contribution >= 0.6 is 11.8 Å². The molecule has 2 aromatic carbocycles. The highest BCUT2D eigenvalue weighted by Crippen LogP contribution is 2.26. The molecule has 2 aromatic heterocycles. The van der Waals surface area contributed by atoms with E-state index >= 15 is 0 Å². The highest BCUT2D eigenvalue weighted by molar-refractivity contribution is 7.99. The van der Waals surface area contributed by atoms with Gasteiger partial charge in [-0.15, -0.1) is 10.2 Å². The van der Waals surface area contributed by atoms with Crippen molar-refractivity contribution >= 4 is 29.0 Å². The van der Waals surface area contributed by atoms with Crippen LogP contribution in [0.4, 0.5) is 11.4 Å². The molecule has 1 N–H and O–H groups in total. The van der Waals surface area contributed by atoms with Gasteiger partial charge in [0.15, 0.2) is 11.0 Å². The molecule has 7 nitrogen and oxygen atoms in total. The van der Waals surface area contributed by atoms with Gasteiger partial charge in [-0.25, -0.2) is 0 Å². The van der Waals surface area contributed by atoms with Crippen molar-refractivity contribution < 1.29 is 4.79 Å². The number of piperidine rings is 1. The Bertz CT molecular complexity index is 1270. The van der Waals surface area contributed by atoms with Crippen molar-refractivity contribution in [3.05, 3.63) is 84.7 Å². The molecule has 1 aliphatic heterocycles. The van der Waals surface area contributed by atoms with Gasteiger partial charge in [-0.3, -0.25) is 14.3 Å². The van der Waals surface area contributed by atoms with Crippen LogP contribution in [-0.2, 0) is 11.3 Å². The van der Waals surface area contributed by atoms with Gasteiger partial charge in [0.05, 0.1) is 12.3 Å². The zero-order chi connectivity index (χ0) is 24.7. The van der Waals surface area contributed by atoms with Crippen LogP contribution < -0.4 is 10.2 Å². The van der Waals surface area contributed by atoms with Gasteiger partial charge < -0.3 is 10.2 Å². The van der Waals surface area contributed by atoms with Crippen molar-refractivity contribution in [1.29, 1.82) is 0 Å². The van der Waals surface area contributed by atoms with Crippen molar-refractivity contribution in [3.8, 4) is 11.4 Å². The van der Waals surface area contributed by atoms with Gasteiger partial charge in [0.2, 0.25) is 5.91 Å². The number of hydrogen-bond donors (Lipinski definition) is 1. The Kier molecular flexibility index (Phi) is 7.61. The fourth-order valence-corrected chi connectivity index (χ4v) is 5.10. The third-order valence-corrected chi connectivity index (χ3v) is 7.42. The first-order valence-electron chi connectivity index (χ1n) is 12.3. The average molecular weight is 499 g/mol. The second-order valence-electron chi connectivity index (χ2n) is 9.17. The molecule has 0 unspecified atom stereocenters. The summed E-state index contributed by atoms with van der Waals surface area (Å²) < 4.78 is 2.04. The van der Waals surface area contributed by atoms with E-state index in [9.17, 15) is 4.79 Å². The first kappa shape index (κ1) is 24.1. The Hall–Kier alpha value is -3.65. The number of benzene rings is 2. The molecule has 0 spiro atoms. The van der Waals surface area contributed by atoms with E-state index < -0.39 is 0 Å². The van der Waals surface area contributed by atoms with Crippen LogP contribution in [0.5, 0.6) is 0 Å². The molecule has 0 bridgehead atoms. The van der Waals surface area contributed by atoms with Gasteiger partial charge in [-0.1, -0.05) is 49.0 Å². The molecule has 1 amide bonds. The minimum absolute atomic E-state index is 0.0725. The summed E-state index contributed by atoms with van der Waals surface area (Å²) in [5, 5.41) is 12.5. The molecule has 0 aliphatic carbocycles. The Morgan fingerprint density at radius 2 is 1.78 bits per heavy atom. The fraction of sp³-hybridized carbons (Fsp3) is 0.286. The van der Waals surface area contributed by atoms with Crippen LogP contribution in [0.1, 0.15) is 25.3 Å². The lowest BCUT2D eigenvalue weighted by Gasteiger charge is -2.32. The van der Waals surface area contributed by atoms with Crippen LogP contribution in [0.3, 0.4) is 0 Å². The van der Waals surface area contributed by atoms with Gasteiger partial charge in [0.25, 0.3) is 0 Å². The summed E-state index contributed by atoms with van der Waals surface area (Å²) in [7, 11) is 0. The van der Waals surface area contributed by atoms with E-state index in [1.807, 2.05) is 47.0 Å². The van der Waals surface area contributed by atoms with Crippen molar-refractivity contribution in [1.82, 2.24) is 19.7 Å². The fourth-order valence-electron chi connectivity index (χ4n) is 4.36. The Labute approximate surface area is 216 Å². The number of carbonyl (C=O) groups excluding carboxylic acids is 1. The lowest BCUT2D eigenvalue weighted by molar-refractivity contribution is -0.113. The molecular weight excluding hydrogens is 468 g/mol. The Morgan fingerprint density at radius 1 is 1.00 bits per heavy atom. The summed E-state index contributed by atoms with van der Waals surface area (Å²) >= 11 is 1.38. The predicted octanol–water partition coefficient (Wildman–Crippen LogP) is 5.36. The van der Waals surface area contributed by atoms with Gasteiger partial charge in [-0.05, 0) is 60.7 Å². The number of hydrogen-bond acceptors (Lipinski definition) is 6. The second kappa shape index (κ2) is 11.4. The molecule has 1 fully saturated rings. The number of pyridine rings is 1. The summed E-state index contributed by atoms with van der Waals surface area (Å²) in [6, 6.07) is 22.2. The minimum atomic E-state index is -0.0725. The maximum absolute atomic E-state index is 12.7. The molecule has 8 heteroatoms. The normalized spacial score (nSPS) is 14.1. The largest absolute Gasteiger partial charge is 0.372 e. The average Bonchev–Trinajstić information content (AvgIpc) is 3.32. The van der Waals surface area contributed by atoms with Gasteiger partial charge in [-0.2, -0.15) is 0 Å². The molecule has 1 aliphatic rings. The highest BCUT2D eigenvalue weighted by atomic mass is 32.2. The smallest absolute Gasteiger partial charge is 0.234 e. The summed E-state index contributed by atoms with van der Waals surface area (Å²) in [5.41, 5.74) is 4.04. The molecule has 0 atom stereocenters. The SMILES string of the molecule is CC1CCN(c2ccc(NC(=O)CSc3nnc(-c4cccnc4)n3Cc3ccccc3)cc2)CC1. The third-order valence-electron chi connectivity index (χ3n) is 6.45. The van der Waals surface area contributed by atoms with Crippen molar-refractivity contribution in [2.75, 3.05) is 29.1 Å². The zero-order valence-corrected chi connectivity index (χ0v) is 21.2. The molecule has 3 heterocycles. The van der Waals surface area contributed by atoms with E-state index in [-0.39, 0.29) is 11.7 Å². The zero-order valence-electron chi connectivity index (χ0n) is 20.4. The van der Waals surface area contributed by atoms with Crippen LogP contribution in [0.25, 0.3) is 11.4 Å². The van der Waals surface area contributed by atoms with Gasteiger partial charge in [0.1, 0.15) is 0 Å². The highest BCUT2D eigenvalue weighted by Gasteiger charge is 2.18. The predicted molar refractivity (Wildman–Crippen MR) is 145 cm³/mol. The molecule has 5 rings (SSSR count). The molecule has 4 aromatic rings. The number of anilines is 2. The topological polar surface area (TPSA) is 75.9 Å². The monoisotopic (exact) mass is 498 g/mol. The molecule has 184 valence electrons. The number of amides is 1. The number of rotatable bonds is 8. The van der Waals surface area contributed by atoms with E-state index in [2.05, 4.69) is 56.6 Å². The lowest BCUT2D eigenvalue weighted by atomic mass is 9.99. The standard InChI is InChI=1S/C28H30N6OS/c1-21-13-16-33(17-14-21)25-11-9-24(10-12-25)30-26(35)20-36-28-32-31-27(23-8-5-15-29-18-23)34(28)19-22-6-3-2-4-7-22/h2-12,15,18,21H,13-14,16-17,19-20H2,1H3,(H,30,35). The van der Waals surface area contributed by atoms with Crippen LogP contribution in [-0.4, -0.2) is 44.5 Å². The van der Waals surface area contributed by atoms with E-state index in [0.29, 0.717) is 11.7 Å². The Morgan fingerprint density at radius 3 is 2.50 bits per heavy atom. The molecule has 36 heavy (non-hydrogen) atoms. The minimum Gasteiger partial charge on any atom is -0.372 e. The molecule has 0 radical (unpaired) electrons.